The minimum Gasteiger partial charge on any atom is -0.454 e. The van der Waals surface area contributed by atoms with Crippen molar-refractivity contribution in [2.75, 3.05) is 37.9 Å². The van der Waals surface area contributed by atoms with Crippen LogP contribution in [0.1, 0.15) is 10.4 Å². The molecule has 0 N–H and O–H groups in total. The van der Waals surface area contributed by atoms with Gasteiger partial charge in [-0.3, -0.25) is 4.79 Å². The molecule has 1 aromatic heterocycles. The molecule has 0 spiro atoms. The number of carbonyl (C=O) groups is 1. The number of ether oxygens (including phenoxy) is 2. The Morgan fingerprint density at radius 1 is 1.04 bits per heavy atom. The molecule has 1 fully saturated rings. The van der Waals surface area contributed by atoms with Gasteiger partial charge in [-0.1, -0.05) is 0 Å². The van der Waals surface area contributed by atoms with Crippen LogP contribution >= 0.6 is 0 Å². The van der Waals surface area contributed by atoms with E-state index in [4.69, 9.17) is 9.47 Å². The molecule has 8 heteroatoms. The lowest BCUT2D eigenvalue weighted by atomic mass is 10.1. The third-order valence-electron chi connectivity index (χ3n) is 5.29. The van der Waals surface area contributed by atoms with Crippen molar-refractivity contribution < 1.29 is 18.7 Å². The number of hydrogen-bond donors (Lipinski definition) is 0. The van der Waals surface area contributed by atoms with Gasteiger partial charge in [-0.25, -0.2) is 9.37 Å². The summed E-state index contributed by atoms with van der Waals surface area (Å²) in [6.45, 7) is 2.69. The standard InChI is InChI=1S/C20H19FN4O3/c1-23-16-11-14(21)3-4-15(16)22-20(23)25-8-6-24(7-9-25)19(26)13-2-5-17-18(10-13)28-12-27-17/h2-5,10-11H,6-9,12H2,1H3. The minimum atomic E-state index is -0.277. The molecule has 2 aliphatic rings. The molecule has 7 nitrogen and oxygen atoms in total. The summed E-state index contributed by atoms with van der Waals surface area (Å²) in [6.07, 6.45) is 0. The summed E-state index contributed by atoms with van der Waals surface area (Å²) in [5.41, 5.74) is 2.11. The second kappa shape index (κ2) is 6.40. The normalized spacial score (nSPS) is 16.1. The first-order valence-electron chi connectivity index (χ1n) is 9.16. The molecule has 0 unspecified atom stereocenters. The molecule has 1 saturated heterocycles. The average molecular weight is 382 g/mol. The van der Waals surface area contributed by atoms with E-state index in [-0.39, 0.29) is 18.5 Å². The van der Waals surface area contributed by atoms with Crippen molar-refractivity contribution in [3.8, 4) is 11.5 Å². The zero-order valence-electron chi connectivity index (χ0n) is 15.4. The first-order chi connectivity index (χ1) is 13.6. The summed E-state index contributed by atoms with van der Waals surface area (Å²) >= 11 is 0. The number of nitrogens with zero attached hydrogens (tertiary/aromatic N) is 4. The largest absolute Gasteiger partial charge is 0.454 e. The van der Waals surface area contributed by atoms with Crippen molar-refractivity contribution >= 4 is 22.9 Å². The number of amides is 1. The second-order valence-corrected chi connectivity index (χ2v) is 6.95. The number of imidazole rings is 1. The average Bonchev–Trinajstić information content (AvgIpc) is 3.32. The van der Waals surface area contributed by atoms with E-state index in [1.807, 2.05) is 16.5 Å². The Morgan fingerprint density at radius 2 is 1.82 bits per heavy atom. The van der Waals surface area contributed by atoms with Crippen molar-refractivity contribution in [1.82, 2.24) is 14.5 Å². The number of benzene rings is 2. The SMILES string of the molecule is Cn1c(N2CCN(C(=O)c3ccc4c(c3)OCO4)CC2)nc2ccc(F)cc21. The molecule has 144 valence electrons. The van der Waals surface area contributed by atoms with E-state index in [1.165, 1.54) is 12.1 Å². The van der Waals surface area contributed by atoms with Crippen LogP contribution in [0.3, 0.4) is 0 Å². The van der Waals surface area contributed by atoms with E-state index in [2.05, 4.69) is 9.88 Å². The van der Waals surface area contributed by atoms with Gasteiger partial charge in [0.05, 0.1) is 11.0 Å². The molecule has 5 rings (SSSR count). The second-order valence-electron chi connectivity index (χ2n) is 6.95. The van der Waals surface area contributed by atoms with Crippen molar-refractivity contribution in [2.45, 2.75) is 0 Å². The summed E-state index contributed by atoms with van der Waals surface area (Å²) < 4.78 is 26.1. The molecule has 28 heavy (non-hydrogen) atoms. The summed E-state index contributed by atoms with van der Waals surface area (Å²) in [5, 5.41) is 0. The fourth-order valence-electron chi connectivity index (χ4n) is 3.75. The highest BCUT2D eigenvalue weighted by Gasteiger charge is 2.26. The van der Waals surface area contributed by atoms with Crippen molar-refractivity contribution in [1.29, 1.82) is 0 Å². The van der Waals surface area contributed by atoms with E-state index >= 15 is 0 Å². The van der Waals surface area contributed by atoms with Gasteiger partial charge in [0.25, 0.3) is 5.91 Å². The molecule has 0 bridgehead atoms. The van der Waals surface area contributed by atoms with Crippen LogP contribution in [-0.2, 0) is 7.05 Å². The molecule has 0 atom stereocenters. The van der Waals surface area contributed by atoms with Crippen LogP contribution in [0.15, 0.2) is 36.4 Å². The van der Waals surface area contributed by atoms with E-state index in [0.29, 0.717) is 43.2 Å². The van der Waals surface area contributed by atoms with Gasteiger partial charge >= 0.3 is 0 Å². The van der Waals surface area contributed by atoms with Crippen LogP contribution in [0.2, 0.25) is 0 Å². The molecule has 1 amide bonds. The highest BCUT2D eigenvalue weighted by Crippen LogP contribution is 2.33. The number of aromatic nitrogens is 2. The molecule has 2 aromatic carbocycles. The Labute approximate surface area is 160 Å². The van der Waals surface area contributed by atoms with Crippen LogP contribution in [0.4, 0.5) is 10.3 Å². The monoisotopic (exact) mass is 382 g/mol. The Morgan fingerprint density at radius 3 is 2.64 bits per heavy atom. The number of halogens is 1. The van der Waals surface area contributed by atoms with E-state index in [1.54, 1.807) is 24.3 Å². The molecule has 3 heterocycles. The summed E-state index contributed by atoms with van der Waals surface area (Å²) in [5.74, 6) is 1.76. The van der Waals surface area contributed by atoms with Crippen LogP contribution < -0.4 is 14.4 Å². The van der Waals surface area contributed by atoms with Gasteiger partial charge in [0.15, 0.2) is 11.5 Å². The number of hydrogen-bond acceptors (Lipinski definition) is 5. The highest BCUT2D eigenvalue weighted by atomic mass is 19.1. The maximum Gasteiger partial charge on any atom is 0.254 e. The first kappa shape index (κ1) is 16.9. The smallest absolute Gasteiger partial charge is 0.254 e. The van der Waals surface area contributed by atoms with Crippen LogP contribution in [0.25, 0.3) is 11.0 Å². The zero-order chi connectivity index (χ0) is 19.3. The lowest BCUT2D eigenvalue weighted by Crippen LogP contribution is -2.49. The molecular formula is C20H19FN4O3. The van der Waals surface area contributed by atoms with Crippen molar-refractivity contribution in [3.05, 3.63) is 47.8 Å². The topological polar surface area (TPSA) is 59.8 Å². The Kier molecular flexibility index (Phi) is 3.85. The lowest BCUT2D eigenvalue weighted by Gasteiger charge is -2.35. The maximum atomic E-state index is 13.5. The van der Waals surface area contributed by atoms with Gasteiger partial charge in [-0.2, -0.15) is 0 Å². The number of piperazine rings is 1. The fraction of sp³-hybridized carbons (Fsp3) is 0.300. The van der Waals surface area contributed by atoms with Crippen LogP contribution in [-0.4, -0.2) is 53.3 Å². The minimum absolute atomic E-state index is 0.0231. The van der Waals surface area contributed by atoms with Crippen molar-refractivity contribution in [2.24, 2.45) is 7.05 Å². The van der Waals surface area contributed by atoms with Crippen LogP contribution in [0, 0.1) is 5.82 Å². The van der Waals surface area contributed by atoms with E-state index < -0.39 is 0 Å². The van der Waals surface area contributed by atoms with Gasteiger partial charge in [-0.15, -0.1) is 0 Å². The van der Waals surface area contributed by atoms with E-state index in [0.717, 1.165) is 17.0 Å². The summed E-state index contributed by atoms with van der Waals surface area (Å²) in [6, 6.07) is 9.86. The zero-order valence-corrected chi connectivity index (χ0v) is 15.4. The van der Waals surface area contributed by atoms with Crippen molar-refractivity contribution in [3.63, 3.8) is 0 Å². The summed E-state index contributed by atoms with van der Waals surface area (Å²) in [7, 11) is 1.88. The predicted molar refractivity (Wildman–Crippen MR) is 101 cm³/mol. The molecule has 0 aliphatic carbocycles. The Bertz CT molecular complexity index is 1070. The van der Waals surface area contributed by atoms with Gasteiger partial charge in [0.1, 0.15) is 5.82 Å². The third kappa shape index (κ3) is 2.72. The Balaban J connectivity index is 1.31. The molecule has 0 radical (unpaired) electrons. The number of aryl methyl sites for hydroxylation is 1. The quantitative estimate of drug-likeness (QED) is 0.681. The molecule has 0 saturated carbocycles. The number of anilines is 1. The summed E-state index contributed by atoms with van der Waals surface area (Å²) in [4.78, 5) is 21.4. The van der Waals surface area contributed by atoms with Gasteiger partial charge in [0, 0.05) is 38.8 Å². The number of rotatable bonds is 2. The maximum absolute atomic E-state index is 13.5. The Hall–Kier alpha value is -3.29. The molecule has 2 aliphatic heterocycles. The number of fused-ring (bicyclic) bond motifs is 2. The highest BCUT2D eigenvalue weighted by molar-refractivity contribution is 5.95. The van der Waals surface area contributed by atoms with Gasteiger partial charge < -0.3 is 23.8 Å². The first-order valence-corrected chi connectivity index (χ1v) is 9.16. The van der Waals surface area contributed by atoms with Gasteiger partial charge in [-0.05, 0) is 36.4 Å². The predicted octanol–water partition coefficient (Wildman–Crippen LogP) is 2.40. The lowest BCUT2D eigenvalue weighted by molar-refractivity contribution is 0.0745. The fourth-order valence-corrected chi connectivity index (χ4v) is 3.75. The number of carbonyl (C=O) groups excluding carboxylic acids is 1. The van der Waals surface area contributed by atoms with E-state index in [9.17, 15) is 9.18 Å². The third-order valence-corrected chi connectivity index (χ3v) is 5.29. The molecule has 3 aromatic rings. The van der Waals surface area contributed by atoms with Crippen LogP contribution in [0.5, 0.6) is 11.5 Å². The van der Waals surface area contributed by atoms with Gasteiger partial charge in [0.2, 0.25) is 12.7 Å². The molecular weight excluding hydrogens is 363 g/mol.